The average Bonchev–Trinajstić information content (AvgIpc) is 3.72. The maximum atomic E-state index is 12.7. The van der Waals surface area contributed by atoms with Gasteiger partial charge in [-0.2, -0.15) is 5.26 Å². The van der Waals surface area contributed by atoms with Crippen LogP contribution in [0, 0.1) is 18.3 Å². The van der Waals surface area contributed by atoms with Gasteiger partial charge in [-0.1, -0.05) is 65.8 Å². The Bertz CT molecular complexity index is 1580. The Morgan fingerprint density at radius 1 is 1.05 bits per heavy atom. The fourth-order valence-corrected chi connectivity index (χ4v) is 4.74. The molecule has 1 unspecified atom stereocenters. The first-order valence-corrected chi connectivity index (χ1v) is 13.2. The molecule has 4 aromatic rings. The summed E-state index contributed by atoms with van der Waals surface area (Å²) < 4.78 is 16.4. The molecule has 1 amide bonds. The van der Waals surface area contributed by atoms with Gasteiger partial charge in [0.05, 0.1) is 23.7 Å². The van der Waals surface area contributed by atoms with E-state index in [0.717, 1.165) is 35.1 Å². The Hall–Kier alpha value is -4.90. The number of ether oxygens (including phenoxy) is 2. The number of anilines is 1. The summed E-state index contributed by atoms with van der Waals surface area (Å²) >= 11 is 0. The molecule has 3 aromatic carbocycles. The Morgan fingerprint density at radius 3 is 2.33 bits per heavy atom. The summed E-state index contributed by atoms with van der Waals surface area (Å²) in [5.41, 5.74) is 5.39. The van der Waals surface area contributed by atoms with Crippen LogP contribution in [0.3, 0.4) is 0 Å². The number of aryl methyl sites for hydroxylation is 1. The smallest absolute Gasteiger partial charge is 0.412 e. The van der Waals surface area contributed by atoms with Crippen LogP contribution in [-0.2, 0) is 19.7 Å². The highest BCUT2D eigenvalue weighted by atomic mass is 16.6. The molecule has 5 rings (SSSR count). The van der Waals surface area contributed by atoms with Crippen molar-refractivity contribution in [2.45, 2.75) is 45.1 Å². The van der Waals surface area contributed by atoms with Gasteiger partial charge in [-0.3, -0.25) is 10.1 Å². The number of nitrogens with zero attached hydrogens (tertiary/aromatic N) is 2. The lowest BCUT2D eigenvalue weighted by Gasteiger charge is -2.15. The van der Waals surface area contributed by atoms with Crippen LogP contribution in [0.4, 0.5) is 10.5 Å². The molecule has 0 saturated heterocycles. The minimum atomic E-state index is -0.657. The number of carbonyl (C=O) groups excluding carboxylic acids is 2. The normalized spacial score (nSPS) is 14.1. The first-order valence-electron chi connectivity index (χ1n) is 13.2. The average molecular weight is 536 g/mol. The molecule has 1 aromatic heterocycles. The molecule has 1 saturated carbocycles. The third-order valence-electron chi connectivity index (χ3n) is 7.19. The van der Waals surface area contributed by atoms with Crippen LogP contribution in [0.5, 0.6) is 0 Å². The van der Waals surface area contributed by atoms with Gasteiger partial charge in [-0.05, 0) is 68.0 Å². The highest BCUT2D eigenvalue weighted by Gasteiger charge is 2.52. The first kappa shape index (κ1) is 26.7. The van der Waals surface area contributed by atoms with Crippen molar-refractivity contribution < 1.29 is 23.6 Å². The van der Waals surface area contributed by atoms with E-state index in [1.165, 1.54) is 0 Å². The van der Waals surface area contributed by atoms with Crippen LogP contribution in [0.1, 0.15) is 55.2 Å². The van der Waals surface area contributed by atoms with Crippen molar-refractivity contribution in [3.63, 3.8) is 0 Å². The maximum Gasteiger partial charge on any atom is 0.412 e. The van der Waals surface area contributed by atoms with Crippen LogP contribution >= 0.6 is 0 Å². The van der Waals surface area contributed by atoms with Crippen LogP contribution in [-0.4, -0.2) is 23.8 Å². The Morgan fingerprint density at radius 2 is 1.70 bits per heavy atom. The number of nitrogens with one attached hydrogen (secondary N) is 1. The Kier molecular flexibility index (Phi) is 7.39. The molecule has 8 nitrogen and oxygen atoms in total. The number of hydrogen-bond donors (Lipinski definition) is 1. The number of aromatic nitrogens is 1. The standard InChI is InChI=1S/C32H29N3O5/c1-4-38-30(36)32(16-17-32)27-14-12-24(13-15-27)23-8-10-25(11-9-23)29-28(20(2)35-40-29)34-31(37)39-21(3)26-7-5-6-22(18-26)19-33/h5-15,18,21H,4,16-17H2,1-3H3,(H,34,37). The van der Waals surface area contributed by atoms with E-state index < -0.39 is 17.6 Å². The van der Waals surface area contributed by atoms with E-state index in [-0.39, 0.29) is 5.97 Å². The number of benzene rings is 3. The predicted octanol–water partition coefficient (Wildman–Crippen LogP) is 7.09. The monoisotopic (exact) mass is 535 g/mol. The molecule has 40 heavy (non-hydrogen) atoms. The molecular weight excluding hydrogens is 506 g/mol. The third-order valence-corrected chi connectivity index (χ3v) is 7.19. The number of amides is 1. The molecule has 1 aliphatic rings. The van der Waals surface area contributed by atoms with E-state index in [0.29, 0.717) is 34.9 Å². The third kappa shape index (κ3) is 5.32. The topological polar surface area (TPSA) is 114 Å². The number of hydrogen-bond acceptors (Lipinski definition) is 7. The summed E-state index contributed by atoms with van der Waals surface area (Å²) in [5, 5.41) is 15.9. The van der Waals surface area contributed by atoms with Gasteiger partial charge >= 0.3 is 12.1 Å². The summed E-state index contributed by atoms with van der Waals surface area (Å²) in [6.45, 7) is 5.68. The predicted molar refractivity (Wildman–Crippen MR) is 149 cm³/mol. The summed E-state index contributed by atoms with van der Waals surface area (Å²) in [6, 6.07) is 24.8. The summed E-state index contributed by atoms with van der Waals surface area (Å²) in [5.74, 6) is 0.269. The molecule has 1 heterocycles. The second kappa shape index (κ2) is 11.1. The van der Waals surface area contributed by atoms with Crippen molar-refractivity contribution in [3.8, 4) is 28.5 Å². The molecule has 8 heteroatoms. The lowest BCUT2D eigenvalue weighted by Crippen LogP contribution is -2.23. The molecule has 1 N–H and O–H groups in total. The molecule has 0 bridgehead atoms. The summed E-state index contributed by atoms with van der Waals surface area (Å²) in [7, 11) is 0. The van der Waals surface area contributed by atoms with Crippen molar-refractivity contribution in [3.05, 3.63) is 95.2 Å². The summed E-state index contributed by atoms with van der Waals surface area (Å²) in [6.07, 6.45) is 0.409. The van der Waals surface area contributed by atoms with Crippen molar-refractivity contribution in [1.82, 2.24) is 5.16 Å². The highest BCUT2D eigenvalue weighted by molar-refractivity contribution is 5.91. The fraction of sp³-hybridized carbons (Fsp3) is 0.250. The molecule has 0 radical (unpaired) electrons. The molecule has 1 atom stereocenters. The van der Waals surface area contributed by atoms with E-state index in [2.05, 4.69) is 16.5 Å². The van der Waals surface area contributed by atoms with Gasteiger partial charge in [0, 0.05) is 5.56 Å². The summed E-state index contributed by atoms with van der Waals surface area (Å²) in [4.78, 5) is 25.1. The number of esters is 1. The van der Waals surface area contributed by atoms with Crippen molar-refractivity contribution in [1.29, 1.82) is 5.26 Å². The van der Waals surface area contributed by atoms with E-state index >= 15 is 0 Å². The maximum absolute atomic E-state index is 12.7. The van der Waals surface area contributed by atoms with Gasteiger partial charge in [-0.15, -0.1) is 0 Å². The van der Waals surface area contributed by atoms with E-state index in [1.54, 1.807) is 38.1 Å². The lowest BCUT2D eigenvalue weighted by molar-refractivity contribution is -0.146. The molecular formula is C32H29N3O5. The van der Waals surface area contributed by atoms with Crippen molar-refractivity contribution in [2.24, 2.45) is 0 Å². The fourth-order valence-electron chi connectivity index (χ4n) is 4.74. The van der Waals surface area contributed by atoms with Crippen LogP contribution in [0.15, 0.2) is 77.3 Å². The minimum Gasteiger partial charge on any atom is -0.465 e. The van der Waals surface area contributed by atoms with Gasteiger partial charge in [0.1, 0.15) is 17.5 Å². The zero-order valence-electron chi connectivity index (χ0n) is 22.6. The number of carbonyl (C=O) groups is 2. The largest absolute Gasteiger partial charge is 0.465 e. The SMILES string of the molecule is CCOC(=O)C1(c2ccc(-c3ccc(-c4onc(C)c4NC(=O)OC(C)c4cccc(C#N)c4)cc3)cc2)CC1. The van der Waals surface area contributed by atoms with Crippen molar-refractivity contribution in [2.75, 3.05) is 11.9 Å². The first-order chi connectivity index (χ1) is 19.3. The Labute approximate surface area is 232 Å². The Balaban J connectivity index is 1.28. The van der Waals surface area contributed by atoms with E-state index in [9.17, 15) is 9.59 Å². The minimum absolute atomic E-state index is 0.148. The quantitative estimate of drug-likeness (QED) is 0.239. The molecule has 1 aliphatic carbocycles. The molecule has 202 valence electrons. The zero-order valence-corrected chi connectivity index (χ0v) is 22.6. The van der Waals surface area contributed by atoms with Gasteiger partial charge < -0.3 is 14.0 Å². The number of nitriles is 1. The lowest BCUT2D eigenvalue weighted by atomic mass is 9.93. The second-order valence-electron chi connectivity index (χ2n) is 9.84. The van der Waals surface area contributed by atoms with E-state index in [1.807, 2.05) is 55.5 Å². The van der Waals surface area contributed by atoms with Crippen LogP contribution < -0.4 is 5.32 Å². The number of rotatable bonds is 8. The van der Waals surface area contributed by atoms with Gasteiger partial charge in [-0.25, -0.2) is 4.79 Å². The van der Waals surface area contributed by atoms with Crippen LogP contribution in [0.25, 0.3) is 22.5 Å². The van der Waals surface area contributed by atoms with E-state index in [4.69, 9.17) is 19.3 Å². The second-order valence-corrected chi connectivity index (χ2v) is 9.84. The van der Waals surface area contributed by atoms with Gasteiger partial charge in [0.15, 0.2) is 5.76 Å². The molecule has 0 aliphatic heterocycles. The van der Waals surface area contributed by atoms with Gasteiger partial charge in [0.2, 0.25) is 0 Å². The van der Waals surface area contributed by atoms with Crippen LogP contribution in [0.2, 0.25) is 0 Å². The highest BCUT2D eigenvalue weighted by Crippen LogP contribution is 2.49. The zero-order chi connectivity index (χ0) is 28.3. The molecule has 0 spiro atoms. The van der Waals surface area contributed by atoms with Gasteiger partial charge in [0.25, 0.3) is 0 Å². The molecule has 1 fully saturated rings. The van der Waals surface area contributed by atoms with Crippen molar-refractivity contribution >= 4 is 17.7 Å².